The molecule has 0 spiro atoms. The molecular formula is C15H30IN3O. The molecule has 1 aliphatic heterocycles. The molecule has 3 N–H and O–H groups in total. The first-order chi connectivity index (χ1) is 9.16. The largest absolute Gasteiger partial charge is 0.378 e. The van der Waals surface area contributed by atoms with E-state index in [1.807, 2.05) is 0 Å². The van der Waals surface area contributed by atoms with E-state index in [1.165, 1.54) is 32.1 Å². The third kappa shape index (κ3) is 5.39. The van der Waals surface area contributed by atoms with Crippen LogP contribution in [-0.4, -0.2) is 31.3 Å². The Balaban J connectivity index is 0.00000200. The summed E-state index contributed by atoms with van der Waals surface area (Å²) in [4.78, 5) is 4.55. The molecule has 1 saturated heterocycles. The molecule has 1 saturated carbocycles. The zero-order valence-corrected chi connectivity index (χ0v) is 15.1. The molecule has 2 unspecified atom stereocenters. The van der Waals surface area contributed by atoms with Gasteiger partial charge in [-0.25, -0.2) is 0 Å². The van der Waals surface area contributed by atoms with Crippen molar-refractivity contribution in [1.29, 1.82) is 0 Å². The Morgan fingerprint density at radius 3 is 2.60 bits per heavy atom. The number of nitrogens with zero attached hydrogens (tertiary/aromatic N) is 1. The Kier molecular flexibility index (Phi) is 8.17. The third-order valence-electron chi connectivity index (χ3n) is 4.35. The van der Waals surface area contributed by atoms with Gasteiger partial charge in [0, 0.05) is 25.1 Å². The van der Waals surface area contributed by atoms with E-state index in [2.05, 4.69) is 24.2 Å². The Labute approximate surface area is 140 Å². The van der Waals surface area contributed by atoms with Gasteiger partial charge >= 0.3 is 0 Å². The highest BCUT2D eigenvalue weighted by molar-refractivity contribution is 14.0. The van der Waals surface area contributed by atoms with Crippen LogP contribution < -0.4 is 11.1 Å². The highest BCUT2D eigenvalue weighted by Gasteiger charge is 2.28. The van der Waals surface area contributed by atoms with E-state index in [9.17, 15) is 0 Å². The molecule has 1 heterocycles. The molecule has 118 valence electrons. The standard InChI is InChI=1S/C15H29N3O.HI/c1-11(2)14-12(6-5-9-19-14)10-17-15(16)18-13-7-3-4-8-13;/h11-14H,3-10H2,1-2H3,(H3,16,17,18);1H. The number of aliphatic imine (C=N–C) groups is 1. The summed E-state index contributed by atoms with van der Waals surface area (Å²) in [6, 6.07) is 0.548. The van der Waals surface area contributed by atoms with Crippen molar-refractivity contribution in [1.82, 2.24) is 5.32 Å². The van der Waals surface area contributed by atoms with E-state index in [-0.39, 0.29) is 24.0 Å². The molecule has 4 nitrogen and oxygen atoms in total. The van der Waals surface area contributed by atoms with E-state index in [0.717, 1.165) is 19.6 Å². The van der Waals surface area contributed by atoms with Crippen LogP contribution in [0.3, 0.4) is 0 Å². The minimum absolute atomic E-state index is 0. The summed E-state index contributed by atoms with van der Waals surface area (Å²) >= 11 is 0. The third-order valence-corrected chi connectivity index (χ3v) is 4.35. The van der Waals surface area contributed by atoms with Gasteiger partial charge < -0.3 is 15.8 Å². The number of guanidine groups is 1. The van der Waals surface area contributed by atoms with Gasteiger partial charge in [-0.05, 0) is 31.6 Å². The van der Waals surface area contributed by atoms with Crippen LogP contribution in [0.5, 0.6) is 0 Å². The molecule has 20 heavy (non-hydrogen) atoms. The Hall–Kier alpha value is -0.0400. The van der Waals surface area contributed by atoms with Crippen molar-refractivity contribution < 1.29 is 4.74 Å². The van der Waals surface area contributed by atoms with Crippen LogP contribution in [0.4, 0.5) is 0 Å². The molecule has 0 aromatic rings. The molecule has 0 bridgehead atoms. The molecule has 2 rings (SSSR count). The SMILES string of the molecule is CC(C)C1OCCCC1CN=C(N)NC1CCCC1.I. The average Bonchev–Trinajstić information content (AvgIpc) is 2.89. The summed E-state index contributed by atoms with van der Waals surface area (Å²) in [5, 5.41) is 3.35. The highest BCUT2D eigenvalue weighted by atomic mass is 127. The first-order valence-electron chi connectivity index (χ1n) is 7.85. The van der Waals surface area contributed by atoms with Gasteiger partial charge in [-0.3, -0.25) is 4.99 Å². The van der Waals surface area contributed by atoms with E-state index in [1.54, 1.807) is 0 Å². The lowest BCUT2D eigenvalue weighted by atomic mass is 9.87. The van der Waals surface area contributed by atoms with Gasteiger partial charge in [-0.2, -0.15) is 0 Å². The van der Waals surface area contributed by atoms with Crippen molar-refractivity contribution in [3.05, 3.63) is 0 Å². The van der Waals surface area contributed by atoms with Crippen molar-refractivity contribution in [3.8, 4) is 0 Å². The number of hydrogen-bond donors (Lipinski definition) is 2. The van der Waals surface area contributed by atoms with Crippen LogP contribution in [0.15, 0.2) is 4.99 Å². The van der Waals surface area contributed by atoms with Gasteiger partial charge in [0.2, 0.25) is 0 Å². The second kappa shape index (κ2) is 9.07. The fourth-order valence-corrected chi connectivity index (χ4v) is 3.34. The van der Waals surface area contributed by atoms with Crippen molar-refractivity contribution in [2.45, 2.75) is 64.5 Å². The Morgan fingerprint density at radius 2 is 1.95 bits per heavy atom. The smallest absolute Gasteiger partial charge is 0.188 e. The van der Waals surface area contributed by atoms with Crippen LogP contribution in [-0.2, 0) is 4.74 Å². The monoisotopic (exact) mass is 395 g/mol. The van der Waals surface area contributed by atoms with Gasteiger partial charge in [-0.1, -0.05) is 26.7 Å². The van der Waals surface area contributed by atoms with Crippen LogP contribution in [0.1, 0.15) is 52.4 Å². The van der Waals surface area contributed by atoms with E-state index in [4.69, 9.17) is 10.5 Å². The molecule has 2 fully saturated rings. The first-order valence-corrected chi connectivity index (χ1v) is 7.85. The minimum atomic E-state index is 0. The zero-order chi connectivity index (χ0) is 13.7. The van der Waals surface area contributed by atoms with E-state index in [0.29, 0.717) is 29.9 Å². The lowest BCUT2D eigenvalue weighted by molar-refractivity contribution is -0.0491. The fraction of sp³-hybridized carbons (Fsp3) is 0.933. The van der Waals surface area contributed by atoms with Crippen molar-refractivity contribution in [2.24, 2.45) is 22.6 Å². The van der Waals surface area contributed by atoms with Crippen LogP contribution in [0, 0.1) is 11.8 Å². The summed E-state index contributed by atoms with van der Waals surface area (Å²) in [7, 11) is 0. The predicted octanol–water partition coefficient (Wildman–Crippen LogP) is 2.90. The number of nitrogens with two attached hydrogens (primary N) is 1. The lowest BCUT2D eigenvalue weighted by Crippen LogP contribution is -2.40. The second-order valence-corrected chi connectivity index (χ2v) is 6.33. The topological polar surface area (TPSA) is 59.6 Å². The summed E-state index contributed by atoms with van der Waals surface area (Å²) in [6.45, 7) is 6.16. The summed E-state index contributed by atoms with van der Waals surface area (Å²) in [5.74, 6) is 1.71. The molecule has 2 atom stereocenters. The Bertz CT molecular complexity index is 303. The molecule has 2 aliphatic rings. The Morgan fingerprint density at radius 1 is 1.25 bits per heavy atom. The molecule has 0 amide bonds. The number of ether oxygens (including phenoxy) is 1. The minimum Gasteiger partial charge on any atom is -0.378 e. The lowest BCUT2D eigenvalue weighted by Gasteiger charge is -2.33. The number of rotatable bonds is 4. The van der Waals surface area contributed by atoms with Crippen molar-refractivity contribution >= 4 is 29.9 Å². The fourth-order valence-electron chi connectivity index (χ4n) is 3.34. The van der Waals surface area contributed by atoms with Crippen LogP contribution in [0.25, 0.3) is 0 Å². The van der Waals surface area contributed by atoms with Crippen LogP contribution in [0.2, 0.25) is 0 Å². The number of halogens is 1. The molecule has 0 aromatic carbocycles. The highest BCUT2D eigenvalue weighted by Crippen LogP contribution is 2.26. The number of nitrogens with one attached hydrogen (secondary N) is 1. The zero-order valence-electron chi connectivity index (χ0n) is 12.8. The van der Waals surface area contributed by atoms with E-state index >= 15 is 0 Å². The van der Waals surface area contributed by atoms with Gasteiger partial charge in [0.05, 0.1) is 6.10 Å². The summed E-state index contributed by atoms with van der Waals surface area (Å²) < 4.78 is 5.89. The average molecular weight is 395 g/mol. The predicted molar refractivity (Wildman–Crippen MR) is 94.6 cm³/mol. The summed E-state index contributed by atoms with van der Waals surface area (Å²) in [5.41, 5.74) is 5.99. The molecule has 0 radical (unpaired) electrons. The first kappa shape index (κ1) is 18.0. The number of hydrogen-bond acceptors (Lipinski definition) is 2. The van der Waals surface area contributed by atoms with Gasteiger partial charge in [0.1, 0.15) is 0 Å². The molecular weight excluding hydrogens is 365 g/mol. The van der Waals surface area contributed by atoms with E-state index < -0.39 is 0 Å². The normalized spacial score (nSPS) is 28.4. The van der Waals surface area contributed by atoms with Crippen molar-refractivity contribution in [3.63, 3.8) is 0 Å². The van der Waals surface area contributed by atoms with Gasteiger partial charge in [0.25, 0.3) is 0 Å². The molecule has 5 heteroatoms. The quantitative estimate of drug-likeness (QED) is 0.437. The molecule has 1 aliphatic carbocycles. The maximum absolute atomic E-state index is 5.99. The maximum Gasteiger partial charge on any atom is 0.188 e. The van der Waals surface area contributed by atoms with Gasteiger partial charge in [0.15, 0.2) is 5.96 Å². The second-order valence-electron chi connectivity index (χ2n) is 6.33. The van der Waals surface area contributed by atoms with Gasteiger partial charge in [-0.15, -0.1) is 24.0 Å². The maximum atomic E-state index is 5.99. The molecule has 0 aromatic heterocycles. The summed E-state index contributed by atoms with van der Waals surface area (Å²) in [6.07, 6.45) is 7.81. The van der Waals surface area contributed by atoms with Crippen LogP contribution >= 0.6 is 24.0 Å². The van der Waals surface area contributed by atoms with Crippen molar-refractivity contribution in [2.75, 3.05) is 13.2 Å².